The first kappa shape index (κ1) is 59.9. The van der Waals surface area contributed by atoms with Crippen molar-refractivity contribution < 1.29 is 47.1 Å². The standard InChI is InChI=1S/C54H83BFN9O8/c1-14-34(4)48(63(11)52(70)47(33(2)3)61-53(71)54(8,9)57)44(72-12)32-46(67)64-28-18-21-42(64)49(73-13)37(7)50(68)60-41(30-38-19-16-15-17-20-38)51(69)59-27-26-58-45(66)25-24-39-22-23-40(62(39)10)31-43-35(5)29-36(6)65(43)55-56/h15-17,19-20,22-23,29,31,33-34,37,41-42,44,47-49,55H,14,18,21,24-28,30,32,57H2,1-13H3,(H3-,58,59,60,61,66,68,69,71)/p+1/t34-,37+,41-,42-,44+,47-,48-,49+/m0/s1. The number of carbonyl (C=O) groups excluding carboxylic acids is 6. The van der Waals surface area contributed by atoms with Crippen LogP contribution in [0.25, 0.3) is 6.08 Å². The number of rotatable bonds is 27. The van der Waals surface area contributed by atoms with Gasteiger partial charge in [-0.2, -0.15) is 4.58 Å². The fourth-order valence-corrected chi connectivity index (χ4v) is 9.89. The van der Waals surface area contributed by atoms with Crippen molar-refractivity contribution in [2.24, 2.45) is 23.5 Å². The number of aryl methyl sites for hydroxylation is 2. The summed E-state index contributed by atoms with van der Waals surface area (Å²) in [6.45, 7) is 17.2. The first-order valence-electron chi connectivity index (χ1n) is 25.8. The summed E-state index contributed by atoms with van der Waals surface area (Å²) in [4.78, 5) is 85.8. The van der Waals surface area contributed by atoms with E-state index in [4.69, 9.17) is 15.2 Å². The molecule has 6 amide bonds. The third kappa shape index (κ3) is 15.9. The molecule has 0 aliphatic carbocycles. The van der Waals surface area contributed by atoms with Gasteiger partial charge in [0.2, 0.25) is 41.1 Å². The third-order valence-electron chi connectivity index (χ3n) is 14.5. The smallest absolute Gasteiger partial charge is 0.379 e. The van der Waals surface area contributed by atoms with E-state index >= 15 is 0 Å². The van der Waals surface area contributed by atoms with E-state index < -0.39 is 73.2 Å². The first-order valence-corrected chi connectivity index (χ1v) is 25.8. The zero-order valence-corrected chi connectivity index (χ0v) is 45.7. The molecule has 8 atom stereocenters. The highest BCUT2D eigenvalue weighted by molar-refractivity contribution is 6.25. The summed E-state index contributed by atoms with van der Waals surface area (Å²) in [5.74, 6) is -3.11. The predicted octanol–water partition coefficient (Wildman–Crippen LogP) is 3.72. The molecule has 0 bridgehead atoms. The van der Waals surface area contributed by atoms with Crippen LogP contribution in [0.15, 0.2) is 54.2 Å². The van der Waals surface area contributed by atoms with Crippen LogP contribution in [-0.2, 0) is 44.7 Å². The van der Waals surface area contributed by atoms with Gasteiger partial charge in [0.25, 0.3) is 0 Å². The molecule has 2 aliphatic rings. The number of nitrogens with one attached hydrogen (secondary N) is 4. The minimum atomic E-state index is -1.19. The predicted molar refractivity (Wildman–Crippen MR) is 284 cm³/mol. The van der Waals surface area contributed by atoms with E-state index in [1.807, 2.05) is 108 Å². The molecule has 2 aliphatic heterocycles. The van der Waals surface area contributed by atoms with Crippen LogP contribution < -0.4 is 27.0 Å². The van der Waals surface area contributed by atoms with E-state index in [-0.39, 0.29) is 61.9 Å². The number of likely N-dealkylation sites (tertiary alicyclic amines) is 1. The van der Waals surface area contributed by atoms with Gasteiger partial charge < -0.3 is 55.1 Å². The largest absolute Gasteiger partial charge is 0.448 e. The van der Waals surface area contributed by atoms with Gasteiger partial charge in [-0.3, -0.25) is 28.8 Å². The Morgan fingerprint density at radius 2 is 1.66 bits per heavy atom. The molecule has 402 valence electrons. The Hall–Kier alpha value is -5.66. The summed E-state index contributed by atoms with van der Waals surface area (Å²) in [6.07, 6.45) is 7.25. The number of benzene rings is 1. The zero-order chi connectivity index (χ0) is 54.3. The molecule has 0 spiro atoms. The second-order valence-corrected chi connectivity index (χ2v) is 20.8. The van der Waals surface area contributed by atoms with Gasteiger partial charge in [-0.15, -0.1) is 0 Å². The molecule has 0 radical (unpaired) electrons. The molecule has 1 aromatic heterocycles. The number of halogens is 1. The summed E-state index contributed by atoms with van der Waals surface area (Å²) < 4.78 is 29.4. The average Bonchev–Trinajstić information content (AvgIpc) is 4.05. The molecule has 0 saturated carbocycles. The SMILES string of the molecule is CC[C@H](C)[C@@H]([C@@H](CC(=O)N1CCC[C@H]1[C@H](OC)[C@@H](C)C(=O)N[C@@H](Cc1ccccc1)C(=O)NCCNC(=O)CCC1=[N+](C)/C(=C\c2c(C)cc(C)n2BF)C=C1)OC)N(C)C(=O)[C@@H](NC(=O)C(C)(C)N)C(C)C. The highest BCUT2D eigenvalue weighted by Crippen LogP contribution is 2.30. The lowest BCUT2D eigenvalue weighted by Crippen LogP contribution is -2.60. The minimum absolute atomic E-state index is 0.0450. The molecule has 3 heterocycles. The van der Waals surface area contributed by atoms with Gasteiger partial charge in [-0.05, 0) is 69.6 Å². The zero-order valence-electron chi connectivity index (χ0n) is 45.7. The highest BCUT2D eigenvalue weighted by Gasteiger charge is 2.43. The lowest BCUT2D eigenvalue weighted by molar-refractivity contribution is -0.433. The normalized spacial score (nSPS) is 18.2. The second kappa shape index (κ2) is 27.6. The van der Waals surface area contributed by atoms with Crippen molar-refractivity contribution in [1.29, 1.82) is 0 Å². The molecular formula is C54H84BFN9O8+. The molecule has 4 rings (SSSR count). The lowest BCUT2D eigenvalue weighted by Gasteiger charge is -2.41. The number of likely N-dealkylation sites (N-methyl/N-ethyl adjacent to an activating group) is 2. The fraction of sp³-hybridized carbons (Fsp3) is 0.611. The van der Waals surface area contributed by atoms with Crippen molar-refractivity contribution >= 4 is 54.9 Å². The van der Waals surface area contributed by atoms with Crippen LogP contribution in [0.2, 0.25) is 0 Å². The number of nitrogens with two attached hydrogens (primary N) is 1. The van der Waals surface area contributed by atoms with E-state index in [0.29, 0.717) is 32.2 Å². The fourth-order valence-electron chi connectivity index (χ4n) is 9.89. The summed E-state index contributed by atoms with van der Waals surface area (Å²) in [5, 5.41) is 11.6. The molecule has 1 fully saturated rings. The number of nitrogens with zero attached hydrogens (tertiary/aromatic N) is 4. The molecule has 6 N–H and O–H groups in total. The number of allylic oxidation sites excluding steroid dienone is 2. The summed E-state index contributed by atoms with van der Waals surface area (Å²) in [5.41, 5.74) is 10.2. The number of amides is 6. The Morgan fingerprint density at radius 1 is 0.986 bits per heavy atom. The molecule has 1 aromatic carbocycles. The number of aromatic nitrogens is 1. The Morgan fingerprint density at radius 3 is 2.26 bits per heavy atom. The van der Waals surface area contributed by atoms with E-state index in [1.54, 1.807) is 42.1 Å². The maximum Gasteiger partial charge on any atom is 0.448 e. The Bertz CT molecular complexity index is 2330. The maximum absolute atomic E-state index is 14.4. The van der Waals surface area contributed by atoms with Crippen molar-refractivity contribution in [3.63, 3.8) is 0 Å². The van der Waals surface area contributed by atoms with Crippen LogP contribution in [0.1, 0.15) is 110 Å². The van der Waals surface area contributed by atoms with Gasteiger partial charge in [0, 0.05) is 89.8 Å². The van der Waals surface area contributed by atoms with Crippen molar-refractivity contribution in [2.45, 2.75) is 149 Å². The van der Waals surface area contributed by atoms with Crippen LogP contribution in [0.5, 0.6) is 0 Å². The Labute approximate surface area is 433 Å². The van der Waals surface area contributed by atoms with Crippen LogP contribution in [0, 0.1) is 31.6 Å². The van der Waals surface area contributed by atoms with Crippen LogP contribution in [0.3, 0.4) is 0 Å². The highest BCUT2D eigenvalue weighted by atomic mass is 19.1. The monoisotopic (exact) mass is 1020 g/mol. The van der Waals surface area contributed by atoms with Crippen molar-refractivity contribution in [1.82, 2.24) is 35.5 Å². The van der Waals surface area contributed by atoms with E-state index in [1.165, 1.54) is 14.2 Å². The number of hydrogen-bond donors (Lipinski definition) is 5. The van der Waals surface area contributed by atoms with Gasteiger partial charge in [0.15, 0.2) is 5.71 Å². The van der Waals surface area contributed by atoms with Crippen LogP contribution in [0.4, 0.5) is 4.32 Å². The number of methoxy groups -OCH3 is 2. The third-order valence-corrected chi connectivity index (χ3v) is 14.5. The average molecular weight is 1020 g/mol. The molecule has 17 nitrogen and oxygen atoms in total. The first-order chi connectivity index (χ1) is 34.5. The van der Waals surface area contributed by atoms with Gasteiger partial charge >= 0.3 is 7.69 Å². The van der Waals surface area contributed by atoms with E-state index in [9.17, 15) is 33.1 Å². The molecular weight excluding hydrogens is 932 g/mol. The van der Waals surface area contributed by atoms with Crippen molar-refractivity contribution in [3.05, 3.63) is 76.8 Å². The van der Waals surface area contributed by atoms with Crippen LogP contribution in [-0.4, -0.2) is 158 Å². The lowest BCUT2D eigenvalue weighted by atomic mass is 9.89. The number of ether oxygens (including phenoxy) is 2. The Kier molecular flexibility index (Phi) is 22.6. The van der Waals surface area contributed by atoms with Crippen LogP contribution >= 0.6 is 0 Å². The molecule has 2 aromatic rings. The maximum atomic E-state index is 14.4. The summed E-state index contributed by atoms with van der Waals surface area (Å²) in [7, 11) is 6.01. The second-order valence-electron chi connectivity index (χ2n) is 20.8. The van der Waals surface area contributed by atoms with Gasteiger partial charge in [0.1, 0.15) is 19.1 Å². The summed E-state index contributed by atoms with van der Waals surface area (Å²) >= 11 is 0. The van der Waals surface area contributed by atoms with Crippen molar-refractivity contribution in [3.8, 4) is 0 Å². The molecule has 1 saturated heterocycles. The number of hydrogen-bond acceptors (Lipinski definition) is 9. The van der Waals surface area contributed by atoms with Gasteiger partial charge in [-0.25, -0.2) is 0 Å². The van der Waals surface area contributed by atoms with Gasteiger partial charge in [-0.1, -0.05) is 71.4 Å². The van der Waals surface area contributed by atoms with Crippen molar-refractivity contribution in [2.75, 3.05) is 47.9 Å². The van der Waals surface area contributed by atoms with E-state index in [2.05, 4.69) is 21.3 Å². The molecule has 19 heteroatoms. The molecule has 73 heavy (non-hydrogen) atoms. The quantitative estimate of drug-likeness (QED) is 0.0502. The van der Waals surface area contributed by atoms with Gasteiger partial charge in [0.05, 0.1) is 42.2 Å². The van der Waals surface area contributed by atoms with E-state index in [0.717, 1.165) is 33.9 Å². The Balaban J connectivity index is 1.39. The minimum Gasteiger partial charge on any atom is -0.379 e. The molecule has 0 unspecified atom stereocenters. The number of carbonyl (C=O) groups is 6. The topological polar surface area (TPSA) is 209 Å². The summed E-state index contributed by atoms with van der Waals surface area (Å²) in [6, 6.07) is 8.50.